The maximum absolute atomic E-state index is 13.6. The van der Waals surface area contributed by atoms with Gasteiger partial charge in [0.15, 0.2) is 0 Å². The first-order valence-electron chi connectivity index (χ1n) is 12.2. The summed E-state index contributed by atoms with van der Waals surface area (Å²) >= 11 is 0. The summed E-state index contributed by atoms with van der Waals surface area (Å²) in [5, 5.41) is 6.32. The predicted octanol–water partition coefficient (Wildman–Crippen LogP) is 6.23. The van der Waals surface area contributed by atoms with Crippen LogP contribution in [0.5, 0.6) is 0 Å². The number of benzene rings is 1. The third-order valence-corrected chi connectivity index (χ3v) is 7.17. The predicted molar refractivity (Wildman–Crippen MR) is 147 cm³/mol. The van der Waals surface area contributed by atoms with Crippen molar-refractivity contribution in [3.63, 3.8) is 0 Å². The molecule has 36 heavy (non-hydrogen) atoms. The molecule has 0 bridgehead atoms. The number of aromatic nitrogens is 2. The number of hydrogen-bond acceptors (Lipinski definition) is 5. The third-order valence-electron chi connectivity index (χ3n) is 7.17. The van der Waals surface area contributed by atoms with Gasteiger partial charge >= 0.3 is 0 Å². The van der Waals surface area contributed by atoms with Crippen molar-refractivity contribution in [2.45, 2.75) is 39.5 Å². The fraction of sp³-hybridized carbons (Fsp3) is 0.300. The van der Waals surface area contributed by atoms with E-state index < -0.39 is 5.41 Å². The molecule has 1 amide bonds. The van der Waals surface area contributed by atoms with Crippen LogP contribution < -0.4 is 10.6 Å². The zero-order valence-electron chi connectivity index (χ0n) is 21.7. The van der Waals surface area contributed by atoms with Crippen LogP contribution in [0.1, 0.15) is 44.4 Å². The number of carbonyl (C=O) groups excluding carboxylic acids is 1. The van der Waals surface area contributed by atoms with E-state index in [-0.39, 0.29) is 11.8 Å². The van der Waals surface area contributed by atoms with E-state index in [2.05, 4.69) is 59.2 Å². The van der Waals surface area contributed by atoms with Gasteiger partial charge in [0.25, 0.3) is 0 Å². The number of hydrogen-bond donors (Lipinski definition) is 2. The molecule has 0 aliphatic carbocycles. The molecule has 6 heteroatoms. The van der Waals surface area contributed by atoms with Crippen LogP contribution >= 0.6 is 0 Å². The number of anilines is 2. The topological polar surface area (TPSA) is 76.1 Å². The molecule has 6 nitrogen and oxygen atoms in total. The van der Waals surface area contributed by atoms with E-state index in [4.69, 9.17) is 4.74 Å². The Kier molecular flexibility index (Phi) is 7.25. The van der Waals surface area contributed by atoms with Crippen molar-refractivity contribution in [2.75, 3.05) is 24.3 Å². The average Bonchev–Trinajstić information content (AvgIpc) is 3.36. The van der Waals surface area contributed by atoms with Crippen LogP contribution in [0.4, 0.5) is 11.6 Å². The van der Waals surface area contributed by atoms with Crippen molar-refractivity contribution < 1.29 is 9.53 Å². The highest BCUT2D eigenvalue weighted by Crippen LogP contribution is 2.35. The van der Waals surface area contributed by atoms with Gasteiger partial charge in [0.1, 0.15) is 11.6 Å². The van der Waals surface area contributed by atoms with Crippen molar-refractivity contribution in [2.24, 2.45) is 5.92 Å². The fourth-order valence-corrected chi connectivity index (χ4v) is 4.36. The molecule has 3 heterocycles. The molecule has 1 aliphatic rings. The molecule has 0 saturated heterocycles. The molecule has 1 atom stereocenters. The van der Waals surface area contributed by atoms with E-state index in [0.717, 1.165) is 52.4 Å². The van der Waals surface area contributed by atoms with Crippen molar-refractivity contribution >= 4 is 23.1 Å². The monoisotopic (exact) mass is 482 g/mol. The van der Waals surface area contributed by atoms with Crippen LogP contribution in [0.3, 0.4) is 0 Å². The number of amides is 1. The second kappa shape index (κ2) is 10.4. The minimum Gasteiger partial charge on any atom is -0.501 e. The van der Waals surface area contributed by atoms with Gasteiger partial charge in [0, 0.05) is 24.5 Å². The van der Waals surface area contributed by atoms with Gasteiger partial charge in [0.05, 0.1) is 18.3 Å². The molecule has 2 N–H and O–H groups in total. The molecule has 1 aromatic carbocycles. The van der Waals surface area contributed by atoms with E-state index in [1.165, 1.54) is 5.56 Å². The highest BCUT2D eigenvalue weighted by Gasteiger charge is 2.38. The van der Waals surface area contributed by atoms with Crippen molar-refractivity contribution in [3.8, 4) is 11.1 Å². The highest BCUT2D eigenvalue weighted by molar-refractivity contribution is 5.98. The molecule has 0 fully saturated rings. The first-order valence-corrected chi connectivity index (χ1v) is 12.2. The van der Waals surface area contributed by atoms with Gasteiger partial charge in [-0.15, -0.1) is 0 Å². The number of allylic oxidation sites excluding steroid dienone is 3. The molecular weight excluding hydrogens is 448 g/mol. The lowest BCUT2D eigenvalue weighted by molar-refractivity contribution is -0.122. The maximum Gasteiger partial charge on any atom is 0.236 e. The van der Waals surface area contributed by atoms with Crippen molar-refractivity contribution in [3.05, 3.63) is 90.0 Å². The van der Waals surface area contributed by atoms with Gasteiger partial charge in [-0.1, -0.05) is 44.7 Å². The lowest BCUT2D eigenvalue weighted by Crippen LogP contribution is -2.42. The van der Waals surface area contributed by atoms with Gasteiger partial charge in [0.2, 0.25) is 5.91 Å². The standard InChI is InChI=1S/C30H34N4O2/c1-19(2)30(5,29(35)34-27-12-9-24(17-32-27)20(3)15-21(4)36-6)26-10-7-22(8-11-26)25-16-23-13-14-31-28(23)33-18-25/h7-12,15-19H,3,13-14H2,1-2,4-6H3,(H,31,33)(H,32,34,35). The first-order chi connectivity index (χ1) is 17.2. The van der Waals surface area contributed by atoms with Crippen LogP contribution in [0, 0.1) is 5.92 Å². The van der Waals surface area contributed by atoms with Crippen LogP contribution in [0.25, 0.3) is 16.7 Å². The number of carbonyl (C=O) groups is 1. The molecule has 1 aliphatic heterocycles. The Bertz CT molecular complexity index is 1290. The SMILES string of the molecule is C=C(C=C(C)OC)c1ccc(NC(=O)C(C)(c2ccc(-c3cnc4c(c3)CCN4)cc2)C(C)C)nc1. The molecule has 0 saturated carbocycles. The van der Waals surface area contributed by atoms with E-state index in [0.29, 0.717) is 5.82 Å². The van der Waals surface area contributed by atoms with E-state index in [1.54, 1.807) is 19.4 Å². The van der Waals surface area contributed by atoms with Gasteiger partial charge < -0.3 is 15.4 Å². The number of rotatable bonds is 8. The van der Waals surface area contributed by atoms with E-state index in [9.17, 15) is 4.79 Å². The second-order valence-electron chi connectivity index (χ2n) is 9.71. The number of nitrogens with one attached hydrogen (secondary N) is 2. The largest absolute Gasteiger partial charge is 0.501 e. The minimum absolute atomic E-state index is 0.0669. The quantitative estimate of drug-likeness (QED) is 0.294. The summed E-state index contributed by atoms with van der Waals surface area (Å²) in [4.78, 5) is 22.5. The van der Waals surface area contributed by atoms with Crippen LogP contribution in [0.15, 0.2) is 73.3 Å². The zero-order chi connectivity index (χ0) is 25.9. The average molecular weight is 483 g/mol. The highest BCUT2D eigenvalue weighted by atomic mass is 16.5. The molecule has 2 aromatic heterocycles. The van der Waals surface area contributed by atoms with E-state index >= 15 is 0 Å². The number of methoxy groups -OCH3 is 1. The van der Waals surface area contributed by atoms with Gasteiger partial charge in [-0.3, -0.25) is 4.79 Å². The van der Waals surface area contributed by atoms with Gasteiger partial charge in [-0.05, 0) is 78.3 Å². The Labute approximate surface area is 213 Å². The minimum atomic E-state index is -0.735. The third kappa shape index (κ3) is 5.03. The molecule has 0 radical (unpaired) electrons. The number of nitrogens with zero attached hydrogens (tertiary/aromatic N) is 2. The zero-order valence-corrected chi connectivity index (χ0v) is 21.7. The van der Waals surface area contributed by atoms with Crippen molar-refractivity contribution in [1.82, 2.24) is 9.97 Å². The summed E-state index contributed by atoms with van der Waals surface area (Å²) in [6, 6.07) is 14.1. The van der Waals surface area contributed by atoms with Crippen LogP contribution in [-0.2, 0) is 21.4 Å². The summed E-state index contributed by atoms with van der Waals surface area (Å²) in [5.41, 5.74) is 5.30. The van der Waals surface area contributed by atoms with E-state index in [1.807, 2.05) is 44.3 Å². The molecule has 0 spiro atoms. The van der Waals surface area contributed by atoms with Crippen LogP contribution in [-0.4, -0.2) is 29.5 Å². The summed E-state index contributed by atoms with van der Waals surface area (Å²) in [7, 11) is 1.62. The number of ether oxygens (including phenoxy) is 1. The Morgan fingerprint density at radius 3 is 2.53 bits per heavy atom. The van der Waals surface area contributed by atoms with Gasteiger partial charge in [-0.2, -0.15) is 0 Å². The molecule has 1 unspecified atom stereocenters. The molecular formula is C30H34N4O2. The fourth-order valence-electron chi connectivity index (χ4n) is 4.36. The Morgan fingerprint density at radius 2 is 1.89 bits per heavy atom. The normalized spacial score (nSPS) is 14.6. The molecule has 3 aromatic rings. The lowest BCUT2D eigenvalue weighted by atomic mass is 9.72. The summed E-state index contributed by atoms with van der Waals surface area (Å²) in [5.74, 6) is 2.22. The summed E-state index contributed by atoms with van der Waals surface area (Å²) < 4.78 is 5.19. The first kappa shape index (κ1) is 25.2. The molecule has 186 valence electrons. The summed E-state index contributed by atoms with van der Waals surface area (Å²) in [6.07, 6.45) is 6.45. The Balaban J connectivity index is 1.53. The molecule has 4 rings (SSSR count). The van der Waals surface area contributed by atoms with Crippen LogP contribution in [0.2, 0.25) is 0 Å². The lowest BCUT2D eigenvalue weighted by Gasteiger charge is -2.33. The second-order valence-corrected chi connectivity index (χ2v) is 9.71. The van der Waals surface area contributed by atoms with Crippen molar-refractivity contribution in [1.29, 1.82) is 0 Å². The summed E-state index contributed by atoms with van der Waals surface area (Å²) in [6.45, 7) is 13.0. The van der Waals surface area contributed by atoms with Gasteiger partial charge in [-0.25, -0.2) is 9.97 Å². The Morgan fingerprint density at radius 1 is 1.14 bits per heavy atom. The number of fused-ring (bicyclic) bond motifs is 1. The maximum atomic E-state index is 13.6. The number of pyridine rings is 2. The smallest absolute Gasteiger partial charge is 0.236 e. The Hall–Kier alpha value is -3.93.